The first-order valence-corrected chi connectivity index (χ1v) is 7.81. The molecule has 6 nitrogen and oxygen atoms in total. The Morgan fingerprint density at radius 2 is 2.08 bits per heavy atom. The van der Waals surface area contributed by atoms with E-state index in [1.165, 1.54) is 12.4 Å². The standard InChI is InChI=1S/C18H18FN3O3/c1-10-13(14-16(24)21-9-22-17(14)25-10)15(23)20-8-18(2,3)11-6-4-5-7-12(11)19/h4-7,9H,8H2,1-3H3,(H,20,23)(H,21,22,24). The Morgan fingerprint density at radius 1 is 1.36 bits per heavy atom. The van der Waals surface area contributed by atoms with Crippen molar-refractivity contribution in [3.05, 3.63) is 63.7 Å². The fraction of sp³-hybridized carbons (Fsp3) is 0.278. The molecule has 130 valence electrons. The van der Waals surface area contributed by atoms with Crippen LogP contribution in [0.25, 0.3) is 11.1 Å². The van der Waals surface area contributed by atoms with E-state index < -0.39 is 16.9 Å². The summed E-state index contributed by atoms with van der Waals surface area (Å²) >= 11 is 0. The van der Waals surface area contributed by atoms with E-state index in [0.717, 1.165) is 0 Å². The SMILES string of the molecule is Cc1oc2nc[nH]c(=O)c2c1C(=O)NCC(C)(C)c1ccccc1F. The minimum atomic E-state index is -0.626. The molecule has 1 aromatic carbocycles. The number of H-pyrrole nitrogens is 1. The Balaban J connectivity index is 1.88. The van der Waals surface area contributed by atoms with Gasteiger partial charge in [0.05, 0.1) is 11.9 Å². The highest BCUT2D eigenvalue weighted by Gasteiger charge is 2.27. The van der Waals surface area contributed by atoms with Gasteiger partial charge in [-0.15, -0.1) is 0 Å². The lowest BCUT2D eigenvalue weighted by molar-refractivity contribution is 0.0945. The van der Waals surface area contributed by atoms with Crippen LogP contribution >= 0.6 is 0 Å². The average molecular weight is 343 g/mol. The second-order valence-corrected chi connectivity index (χ2v) is 6.49. The van der Waals surface area contributed by atoms with Crippen molar-refractivity contribution >= 4 is 17.0 Å². The van der Waals surface area contributed by atoms with Crippen LogP contribution in [0.5, 0.6) is 0 Å². The normalized spacial score (nSPS) is 11.7. The minimum Gasteiger partial charge on any atom is -0.442 e. The molecule has 0 fully saturated rings. The van der Waals surface area contributed by atoms with Crippen LogP contribution < -0.4 is 10.9 Å². The molecule has 0 saturated carbocycles. The zero-order valence-electron chi connectivity index (χ0n) is 14.1. The molecule has 1 amide bonds. The molecule has 0 aliphatic rings. The number of hydrogen-bond donors (Lipinski definition) is 2. The molecule has 0 spiro atoms. The van der Waals surface area contributed by atoms with E-state index in [1.807, 2.05) is 13.8 Å². The van der Waals surface area contributed by atoms with Crippen LogP contribution in [0.4, 0.5) is 4.39 Å². The van der Waals surface area contributed by atoms with Crippen LogP contribution in [0.1, 0.15) is 35.5 Å². The molecular weight excluding hydrogens is 325 g/mol. The third-order valence-electron chi connectivity index (χ3n) is 4.19. The quantitative estimate of drug-likeness (QED) is 0.762. The highest BCUT2D eigenvalue weighted by atomic mass is 19.1. The number of fused-ring (bicyclic) bond motifs is 1. The van der Waals surface area contributed by atoms with Crippen LogP contribution in [0, 0.1) is 12.7 Å². The third-order valence-corrected chi connectivity index (χ3v) is 4.19. The van der Waals surface area contributed by atoms with E-state index in [4.69, 9.17) is 4.42 Å². The number of amides is 1. The highest BCUT2D eigenvalue weighted by Crippen LogP contribution is 2.25. The first kappa shape index (κ1) is 16.9. The molecule has 0 aliphatic heterocycles. The molecule has 0 aliphatic carbocycles. The van der Waals surface area contributed by atoms with Gasteiger partial charge in [0, 0.05) is 12.0 Å². The molecule has 2 heterocycles. The molecule has 7 heteroatoms. The molecule has 25 heavy (non-hydrogen) atoms. The van der Waals surface area contributed by atoms with Gasteiger partial charge in [0.2, 0.25) is 5.71 Å². The number of aryl methyl sites for hydroxylation is 1. The summed E-state index contributed by atoms with van der Waals surface area (Å²) in [5, 5.41) is 2.88. The maximum absolute atomic E-state index is 14.0. The van der Waals surface area contributed by atoms with Crippen molar-refractivity contribution in [1.82, 2.24) is 15.3 Å². The lowest BCUT2D eigenvalue weighted by Crippen LogP contribution is -2.37. The Bertz CT molecular complexity index is 1000. The van der Waals surface area contributed by atoms with Gasteiger partial charge in [-0.05, 0) is 18.6 Å². The van der Waals surface area contributed by atoms with E-state index in [9.17, 15) is 14.0 Å². The Hall–Kier alpha value is -2.96. The number of carbonyl (C=O) groups is 1. The van der Waals surface area contributed by atoms with Gasteiger partial charge in [0.15, 0.2) is 0 Å². The summed E-state index contributed by atoms with van der Waals surface area (Å²) in [4.78, 5) is 31.0. The molecule has 0 radical (unpaired) electrons. The predicted octanol–water partition coefficient (Wildman–Crippen LogP) is 2.67. The minimum absolute atomic E-state index is 0.111. The molecular formula is C18H18FN3O3. The van der Waals surface area contributed by atoms with E-state index in [2.05, 4.69) is 15.3 Å². The number of halogens is 1. The number of rotatable bonds is 4. The van der Waals surface area contributed by atoms with Gasteiger partial charge in [-0.1, -0.05) is 32.0 Å². The smallest absolute Gasteiger partial charge is 0.262 e. The summed E-state index contributed by atoms with van der Waals surface area (Å²) in [5.74, 6) is -0.480. The van der Waals surface area contributed by atoms with Crippen molar-refractivity contribution in [2.24, 2.45) is 0 Å². The number of aromatic nitrogens is 2. The van der Waals surface area contributed by atoms with Gasteiger partial charge >= 0.3 is 0 Å². The number of hydrogen-bond acceptors (Lipinski definition) is 4. The fourth-order valence-electron chi connectivity index (χ4n) is 2.82. The van der Waals surface area contributed by atoms with Crippen LogP contribution in [0.2, 0.25) is 0 Å². The zero-order chi connectivity index (χ0) is 18.2. The molecule has 3 aromatic rings. The lowest BCUT2D eigenvalue weighted by atomic mass is 9.84. The number of benzene rings is 1. The summed E-state index contributed by atoms with van der Waals surface area (Å²) in [6.45, 7) is 5.45. The topological polar surface area (TPSA) is 88.0 Å². The number of aromatic amines is 1. The van der Waals surface area contributed by atoms with Gasteiger partial charge in [0.25, 0.3) is 11.5 Å². The largest absolute Gasteiger partial charge is 0.442 e. The van der Waals surface area contributed by atoms with Crippen LogP contribution in [-0.2, 0) is 5.41 Å². The Kier molecular flexibility index (Phi) is 4.16. The Morgan fingerprint density at radius 3 is 2.80 bits per heavy atom. The molecule has 2 aromatic heterocycles. The van der Waals surface area contributed by atoms with Gasteiger partial charge in [-0.25, -0.2) is 9.37 Å². The monoisotopic (exact) mass is 343 g/mol. The lowest BCUT2D eigenvalue weighted by Gasteiger charge is -2.26. The van der Waals surface area contributed by atoms with Crippen molar-refractivity contribution in [2.75, 3.05) is 6.54 Å². The van der Waals surface area contributed by atoms with Gasteiger partial charge in [0.1, 0.15) is 17.0 Å². The van der Waals surface area contributed by atoms with Gasteiger partial charge < -0.3 is 14.7 Å². The van der Waals surface area contributed by atoms with Crippen LogP contribution in [0.3, 0.4) is 0 Å². The Labute approximate surface area is 143 Å². The van der Waals surface area contributed by atoms with Crippen molar-refractivity contribution in [2.45, 2.75) is 26.2 Å². The second-order valence-electron chi connectivity index (χ2n) is 6.49. The summed E-state index contributed by atoms with van der Waals surface area (Å²) in [6.07, 6.45) is 1.22. The van der Waals surface area contributed by atoms with E-state index >= 15 is 0 Å². The van der Waals surface area contributed by atoms with Crippen molar-refractivity contribution in [3.63, 3.8) is 0 Å². The third kappa shape index (κ3) is 3.05. The molecule has 3 rings (SSSR count). The predicted molar refractivity (Wildman–Crippen MR) is 91.1 cm³/mol. The van der Waals surface area contributed by atoms with Crippen molar-refractivity contribution in [3.8, 4) is 0 Å². The van der Waals surface area contributed by atoms with E-state index in [-0.39, 0.29) is 29.0 Å². The first-order valence-electron chi connectivity index (χ1n) is 7.81. The number of carbonyl (C=O) groups excluding carboxylic acids is 1. The van der Waals surface area contributed by atoms with E-state index in [0.29, 0.717) is 11.3 Å². The van der Waals surface area contributed by atoms with Gasteiger partial charge in [-0.3, -0.25) is 9.59 Å². The molecule has 2 N–H and O–H groups in total. The first-order chi connectivity index (χ1) is 11.8. The number of nitrogens with zero attached hydrogens (tertiary/aromatic N) is 1. The maximum atomic E-state index is 14.0. The van der Waals surface area contributed by atoms with Crippen molar-refractivity contribution in [1.29, 1.82) is 0 Å². The molecule has 0 atom stereocenters. The van der Waals surface area contributed by atoms with Crippen molar-refractivity contribution < 1.29 is 13.6 Å². The average Bonchev–Trinajstić information content (AvgIpc) is 2.90. The van der Waals surface area contributed by atoms with E-state index in [1.54, 1.807) is 25.1 Å². The number of furan rings is 1. The summed E-state index contributed by atoms with van der Waals surface area (Å²) in [5.41, 5.74) is -0.309. The van der Waals surface area contributed by atoms with Gasteiger partial charge in [-0.2, -0.15) is 0 Å². The molecule has 0 unspecified atom stereocenters. The van der Waals surface area contributed by atoms with Crippen LogP contribution in [0.15, 0.2) is 39.8 Å². The highest BCUT2D eigenvalue weighted by molar-refractivity contribution is 6.06. The summed E-state index contributed by atoms with van der Waals surface area (Å²) in [6, 6.07) is 6.45. The summed E-state index contributed by atoms with van der Waals surface area (Å²) < 4.78 is 19.4. The molecule has 0 saturated heterocycles. The fourth-order valence-corrected chi connectivity index (χ4v) is 2.82. The maximum Gasteiger partial charge on any atom is 0.262 e. The number of nitrogens with one attached hydrogen (secondary N) is 2. The second kappa shape index (κ2) is 6.16. The molecule has 0 bridgehead atoms. The van der Waals surface area contributed by atoms with Crippen LogP contribution in [-0.4, -0.2) is 22.4 Å². The summed E-state index contributed by atoms with van der Waals surface area (Å²) in [7, 11) is 0. The zero-order valence-corrected chi connectivity index (χ0v) is 14.1.